The molecule has 1 aliphatic carbocycles. The van der Waals surface area contributed by atoms with Gasteiger partial charge in [0.25, 0.3) is 0 Å². The predicted octanol–water partition coefficient (Wildman–Crippen LogP) is 5.01. The fourth-order valence-corrected chi connectivity index (χ4v) is 6.24. The molecule has 0 radical (unpaired) electrons. The summed E-state index contributed by atoms with van der Waals surface area (Å²) in [5, 5.41) is 18.7. The molecule has 2 aromatic rings. The molecular formula is C28H35FN2O4. The van der Waals surface area contributed by atoms with Gasteiger partial charge in [0.05, 0.1) is 0 Å². The van der Waals surface area contributed by atoms with Crippen molar-refractivity contribution in [1.29, 1.82) is 0 Å². The van der Waals surface area contributed by atoms with Crippen LogP contribution in [0.15, 0.2) is 48.5 Å². The third kappa shape index (κ3) is 5.50. The van der Waals surface area contributed by atoms with E-state index in [0.717, 1.165) is 48.1 Å². The number of hydrogen-bond acceptors (Lipinski definition) is 3. The van der Waals surface area contributed by atoms with Crippen molar-refractivity contribution in [3.05, 3.63) is 71.0 Å². The second kappa shape index (κ2) is 10.4. The zero-order chi connectivity index (χ0) is 25.2. The van der Waals surface area contributed by atoms with Gasteiger partial charge in [-0.25, -0.2) is 14.0 Å². The van der Waals surface area contributed by atoms with Crippen LogP contribution in [0, 0.1) is 17.7 Å². The SMILES string of the molecule is CN(C)C1(c2ccccc2)CCC(Cc2cc(F)cc(C[C@H]3C[C@@H](C(=O)O)N(C(=O)O)C3)c2)CC1. The molecule has 6 nitrogen and oxygen atoms in total. The lowest BCUT2D eigenvalue weighted by atomic mass is 9.70. The van der Waals surface area contributed by atoms with Crippen LogP contribution in [0.1, 0.15) is 48.8 Å². The van der Waals surface area contributed by atoms with Crippen LogP contribution < -0.4 is 0 Å². The molecule has 0 bridgehead atoms. The number of halogens is 1. The topological polar surface area (TPSA) is 81.1 Å². The highest BCUT2D eigenvalue weighted by Crippen LogP contribution is 2.44. The Balaban J connectivity index is 1.41. The highest BCUT2D eigenvalue weighted by molar-refractivity contribution is 5.80. The smallest absolute Gasteiger partial charge is 0.408 e. The zero-order valence-electron chi connectivity index (χ0n) is 20.5. The summed E-state index contributed by atoms with van der Waals surface area (Å²) < 4.78 is 14.5. The lowest BCUT2D eigenvalue weighted by Crippen LogP contribution is -2.44. The van der Waals surface area contributed by atoms with E-state index in [2.05, 4.69) is 43.3 Å². The monoisotopic (exact) mass is 482 g/mol. The minimum Gasteiger partial charge on any atom is -0.480 e. The lowest BCUT2D eigenvalue weighted by Gasteiger charge is -2.45. The predicted molar refractivity (Wildman–Crippen MR) is 132 cm³/mol. The summed E-state index contributed by atoms with van der Waals surface area (Å²) in [7, 11) is 4.30. The number of likely N-dealkylation sites (tertiary alicyclic amines) is 1. The van der Waals surface area contributed by atoms with Crippen LogP contribution >= 0.6 is 0 Å². The van der Waals surface area contributed by atoms with Gasteiger partial charge < -0.3 is 10.2 Å². The van der Waals surface area contributed by atoms with E-state index in [-0.39, 0.29) is 30.2 Å². The second-order valence-electron chi connectivity index (χ2n) is 10.5. The van der Waals surface area contributed by atoms with Crippen molar-refractivity contribution in [2.45, 2.75) is 56.5 Å². The number of aliphatic carboxylic acids is 1. The average molecular weight is 483 g/mol. The van der Waals surface area contributed by atoms with Crippen LogP contribution in [0.25, 0.3) is 0 Å². The molecule has 7 heteroatoms. The van der Waals surface area contributed by atoms with Crippen LogP contribution in [0.3, 0.4) is 0 Å². The van der Waals surface area contributed by atoms with E-state index < -0.39 is 18.1 Å². The first-order valence-electron chi connectivity index (χ1n) is 12.4. The molecule has 2 N–H and O–H groups in total. The van der Waals surface area contributed by atoms with Crippen LogP contribution in [-0.2, 0) is 23.2 Å². The molecule has 35 heavy (non-hydrogen) atoms. The summed E-state index contributed by atoms with van der Waals surface area (Å²) >= 11 is 0. The van der Waals surface area contributed by atoms with Crippen LogP contribution in [0.4, 0.5) is 9.18 Å². The third-order valence-electron chi connectivity index (χ3n) is 8.08. The van der Waals surface area contributed by atoms with Gasteiger partial charge >= 0.3 is 12.1 Å². The molecule has 1 aliphatic heterocycles. The maximum atomic E-state index is 14.5. The van der Waals surface area contributed by atoms with Gasteiger partial charge in [-0.05, 0) is 99.7 Å². The van der Waals surface area contributed by atoms with Gasteiger partial charge in [-0.15, -0.1) is 0 Å². The zero-order valence-corrected chi connectivity index (χ0v) is 20.5. The minimum atomic E-state index is -1.22. The number of carboxylic acids is 1. The average Bonchev–Trinajstić information content (AvgIpc) is 3.24. The van der Waals surface area contributed by atoms with E-state index in [4.69, 9.17) is 0 Å². The Morgan fingerprint density at radius 1 is 1.00 bits per heavy atom. The number of carbonyl (C=O) groups is 2. The Kier molecular flexibility index (Phi) is 7.45. The number of nitrogens with zero attached hydrogens (tertiary/aromatic N) is 2. The van der Waals surface area contributed by atoms with Crippen molar-refractivity contribution in [2.75, 3.05) is 20.6 Å². The van der Waals surface area contributed by atoms with Crippen molar-refractivity contribution < 1.29 is 24.2 Å². The van der Waals surface area contributed by atoms with Gasteiger partial charge in [0.1, 0.15) is 11.9 Å². The highest BCUT2D eigenvalue weighted by atomic mass is 19.1. The molecule has 1 saturated carbocycles. The number of hydrogen-bond donors (Lipinski definition) is 2. The normalized spacial score (nSPS) is 26.7. The van der Waals surface area contributed by atoms with Crippen LogP contribution in [0.5, 0.6) is 0 Å². The maximum Gasteiger partial charge on any atom is 0.408 e. The Hall–Kier alpha value is -2.93. The van der Waals surface area contributed by atoms with Gasteiger partial charge in [0.15, 0.2) is 0 Å². The molecule has 2 aliphatic rings. The third-order valence-corrected chi connectivity index (χ3v) is 8.08. The first-order valence-corrected chi connectivity index (χ1v) is 12.4. The fourth-order valence-electron chi connectivity index (χ4n) is 6.24. The number of benzene rings is 2. The van der Waals surface area contributed by atoms with E-state index in [1.54, 1.807) is 6.07 Å². The van der Waals surface area contributed by atoms with Crippen molar-refractivity contribution in [3.8, 4) is 0 Å². The Bertz CT molecular complexity index is 1030. The summed E-state index contributed by atoms with van der Waals surface area (Å²) in [6.07, 6.45) is 4.56. The first-order chi connectivity index (χ1) is 16.7. The van der Waals surface area contributed by atoms with Gasteiger partial charge in [-0.1, -0.05) is 36.4 Å². The Morgan fingerprint density at radius 3 is 2.11 bits per heavy atom. The molecular weight excluding hydrogens is 447 g/mol. The lowest BCUT2D eigenvalue weighted by molar-refractivity contribution is -0.141. The summed E-state index contributed by atoms with van der Waals surface area (Å²) in [6, 6.07) is 14.8. The molecule has 1 heterocycles. The second-order valence-corrected chi connectivity index (χ2v) is 10.5. The minimum absolute atomic E-state index is 0.0318. The molecule has 1 amide bonds. The van der Waals surface area contributed by atoms with Gasteiger partial charge in [0.2, 0.25) is 0 Å². The maximum absolute atomic E-state index is 14.5. The molecule has 188 valence electrons. The van der Waals surface area contributed by atoms with E-state index in [9.17, 15) is 24.2 Å². The Morgan fingerprint density at radius 2 is 1.60 bits per heavy atom. The van der Waals surface area contributed by atoms with Gasteiger partial charge in [-0.3, -0.25) is 9.80 Å². The van der Waals surface area contributed by atoms with E-state index in [1.165, 1.54) is 11.6 Å². The quantitative estimate of drug-likeness (QED) is 0.580. The van der Waals surface area contributed by atoms with Crippen molar-refractivity contribution in [1.82, 2.24) is 9.80 Å². The van der Waals surface area contributed by atoms with E-state index in [1.807, 2.05) is 12.1 Å². The van der Waals surface area contributed by atoms with Crippen LogP contribution in [-0.4, -0.2) is 58.8 Å². The standard InChI is InChI=1S/C28H35FN2O4/c1-30(2)28(23-6-4-3-5-7-23)10-8-19(9-11-28)12-20-13-21(16-24(29)15-20)14-22-17-25(26(32)33)31(18-22)27(34)35/h3-7,13,15-16,19,22,25H,8-12,14,17-18H2,1-2H3,(H,32,33)(H,34,35)/t19?,22-,25-,28?/m0/s1. The van der Waals surface area contributed by atoms with E-state index in [0.29, 0.717) is 12.3 Å². The molecule has 1 saturated heterocycles. The highest BCUT2D eigenvalue weighted by Gasteiger charge is 2.40. The summed E-state index contributed by atoms with van der Waals surface area (Å²) in [4.78, 5) is 26.2. The van der Waals surface area contributed by atoms with Crippen molar-refractivity contribution in [2.24, 2.45) is 11.8 Å². The molecule has 2 fully saturated rings. The van der Waals surface area contributed by atoms with Gasteiger partial charge in [0, 0.05) is 12.1 Å². The first kappa shape index (κ1) is 25.2. The fraction of sp³-hybridized carbons (Fsp3) is 0.500. The van der Waals surface area contributed by atoms with Crippen molar-refractivity contribution in [3.63, 3.8) is 0 Å². The van der Waals surface area contributed by atoms with E-state index >= 15 is 0 Å². The molecule has 0 spiro atoms. The van der Waals surface area contributed by atoms with Gasteiger partial charge in [-0.2, -0.15) is 0 Å². The summed E-state index contributed by atoms with van der Waals surface area (Å²) in [5.41, 5.74) is 3.15. The van der Waals surface area contributed by atoms with Crippen LogP contribution in [0.2, 0.25) is 0 Å². The molecule has 4 rings (SSSR count). The molecule has 2 atom stereocenters. The molecule has 2 aromatic carbocycles. The molecule has 0 aromatic heterocycles. The summed E-state index contributed by atoms with van der Waals surface area (Å²) in [5.74, 6) is -1.07. The molecule has 0 unspecified atom stereocenters. The Labute approximate surface area is 206 Å². The largest absolute Gasteiger partial charge is 0.480 e. The number of carboxylic acid groups (broad SMARTS) is 2. The number of rotatable bonds is 7. The van der Waals surface area contributed by atoms with Crippen molar-refractivity contribution >= 4 is 12.1 Å². The number of amides is 1. The summed E-state index contributed by atoms with van der Waals surface area (Å²) in [6.45, 7) is 0.160.